The lowest BCUT2D eigenvalue weighted by Gasteiger charge is -2.03. The molecule has 0 aliphatic rings. The molecule has 19 heavy (non-hydrogen) atoms. The van der Waals surface area contributed by atoms with Crippen molar-refractivity contribution in [3.63, 3.8) is 0 Å². The average molecular weight is 300 g/mol. The van der Waals surface area contributed by atoms with E-state index in [-0.39, 0.29) is 26.4 Å². The van der Waals surface area contributed by atoms with Gasteiger partial charge in [-0.25, -0.2) is 4.79 Å². The van der Waals surface area contributed by atoms with Gasteiger partial charge in [0.15, 0.2) is 5.06 Å². The number of thiophene rings is 1. The van der Waals surface area contributed by atoms with Crippen molar-refractivity contribution < 1.29 is 19.6 Å². The molecular formula is C11H6ClNO5S. The van der Waals surface area contributed by atoms with Gasteiger partial charge in [-0.2, -0.15) is 0 Å². The molecule has 98 valence electrons. The lowest BCUT2D eigenvalue weighted by molar-refractivity contribution is -0.385. The van der Waals surface area contributed by atoms with Gasteiger partial charge in [0.1, 0.15) is 4.88 Å². The predicted molar refractivity (Wildman–Crippen MR) is 69.5 cm³/mol. The number of carbonyl (C=O) groups is 1. The lowest BCUT2D eigenvalue weighted by atomic mass is 10.3. The molecule has 0 atom stereocenters. The zero-order chi connectivity index (χ0) is 14.0. The van der Waals surface area contributed by atoms with Crippen LogP contribution in [0.2, 0.25) is 5.02 Å². The van der Waals surface area contributed by atoms with Gasteiger partial charge in [0, 0.05) is 17.2 Å². The molecule has 0 saturated heterocycles. The molecule has 2 rings (SSSR count). The Bertz CT molecular complexity index is 654. The van der Waals surface area contributed by atoms with Gasteiger partial charge in [-0.15, -0.1) is 0 Å². The fourth-order valence-corrected chi connectivity index (χ4v) is 2.19. The van der Waals surface area contributed by atoms with E-state index >= 15 is 0 Å². The van der Waals surface area contributed by atoms with E-state index in [1.54, 1.807) is 0 Å². The summed E-state index contributed by atoms with van der Waals surface area (Å²) in [6, 6.07) is 6.70. The molecule has 8 heteroatoms. The summed E-state index contributed by atoms with van der Waals surface area (Å²) in [4.78, 5) is 21.0. The number of nitro groups is 1. The van der Waals surface area contributed by atoms with Crippen LogP contribution in [0.15, 0.2) is 30.3 Å². The summed E-state index contributed by atoms with van der Waals surface area (Å²) in [6.45, 7) is 0. The van der Waals surface area contributed by atoms with Gasteiger partial charge in [-0.3, -0.25) is 10.1 Å². The molecule has 2 aromatic rings. The Morgan fingerprint density at radius 2 is 2.11 bits per heavy atom. The Kier molecular flexibility index (Phi) is 3.68. The van der Waals surface area contributed by atoms with Crippen LogP contribution in [-0.2, 0) is 0 Å². The normalized spacial score (nSPS) is 10.2. The van der Waals surface area contributed by atoms with Gasteiger partial charge < -0.3 is 9.84 Å². The molecular weight excluding hydrogens is 294 g/mol. The van der Waals surface area contributed by atoms with E-state index < -0.39 is 10.9 Å². The predicted octanol–water partition coefficient (Wildman–Crippen LogP) is 3.80. The zero-order valence-electron chi connectivity index (χ0n) is 9.20. The minimum Gasteiger partial charge on any atom is -0.477 e. The average Bonchev–Trinajstić information content (AvgIpc) is 2.77. The summed E-state index contributed by atoms with van der Waals surface area (Å²) in [6.07, 6.45) is 0. The third-order valence-corrected chi connectivity index (χ3v) is 3.31. The van der Waals surface area contributed by atoms with E-state index in [1.807, 2.05) is 0 Å². The van der Waals surface area contributed by atoms with Crippen molar-refractivity contribution in [3.8, 4) is 10.8 Å². The number of benzene rings is 1. The van der Waals surface area contributed by atoms with Crippen molar-refractivity contribution in [2.24, 2.45) is 0 Å². The first-order valence-electron chi connectivity index (χ1n) is 4.92. The molecule has 0 unspecified atom stereocenters. The highest BCUT2D eigenvalue weighted by Crippen LogP contribution is 2.36. The molecule has 0 aliphatic carbocycles. The summed E-state index contributed by atoms with van der Waals surface area (Å²) in [5.41, 5.74) is -0.241. The third kappa shape index (κ3) is 3.01. The Hall–Kier alpha value is -2.12. The molecule has 0 amide bonds. The molecule has 6 nitrogen and oxygen atoms in total. The molecule has 0 aliphatic heterocycles. The molecule has 0 bridgehead atoms. The van der Waals surface area contributed by atoms with E-state index in [9.17, 15) is 14.9 Å². The fourth-order valence-electron chi connectivity index (χ4n) is 1.32. The number of carboxylic acids is 1. The number of ether oxygens (including phenoxy) is 1. The van der Waals surface area contributed by atoms with Crippen LogP contribution < -0.4 is 4.74 Å². The summed E-state index contributed by atoms with van der Waals surface area (Å²) in [7, 11) is 0. The fraction of sp³-hybridized carbons (Fsp3) is 0. The second kappa shape index (κ2) is 5.25. The molecule has 1 aromatic heterocycles. The molecule has 1 aromatic carbocycles. The summed E-state index contributed by atoms with van der Waals surface area (Å²) < 4.78 is 5.31. The number of halogens is 1. The molecule has 0 fully saturated rings. The SMILES string of the molecule is O=C(O)c1ccc(Oc2cc(Cl)ccc2[N+](=O)[O-])s1. The Morgan fingerprint density at radius 1 is 1.37 bits per heavy atom. The Balaban J connectivity index is 2.33. The minimum atomic E-state index is -1.08. The van der Waals surface area contributed by atoms with Crippen LogP contribution in [0.1, 0.15) is 9.67 Å². The highest BCUT2D eigenvalue weighted by atomic mass is 35.5. The van der Waals surface area contributed by atoms with Crippen LogP contribution in [0, 0.1) is 10.1 Å². The maximum atomic E-state index is 10.8. The smallest absolute Gasteiger partial charge is 0.345 e. The molecule has 0 spiro atoms. The number of hydrogen-bond donors (Lipinski definition) is 1. The van der Waals surface area contributed by atoms with E-state index in [2.05, 4.69) is 0 Å². The number of aromatic carboxylic acids is 1. The molecule has 0 radical (unpaired) electrons. The van der Waals surface area contributed by atoms with Crippen LogP contribution in [-0.4, -0.2) is 16.0 Å². The van der Waals surface area contributed by atoms with Crippen LogP contribution in [0.3, 0.4) is 0 Å². The van der Waals surface area contributed by atoms with Crippen molar-refractivity contribution in [1.82, 2.24) is 0 Å². The molecule has 0 saturated carbocycles. The minimum absolute atomic E-state index is 0.0312. The molecule has 1 N–H and O–H groups in total. The summed E-state index contributed by atoms with van der Waals surface area (Å²) in [5, 5.41) is 20.1. The van der Waals surface area contributed by atoms with E-state index in [0.29, 0.717) is 0 Å². The van der Waals surface area contributed by atoms with Gasteiger partial charge in [0.2, 0.25) is 5.75 Å². The van der Waals surface area contributed by atoms with E-state index in [1.165, 1.54) is 30.3 Å². The van der Waals surface area contributed by atoms with Crippen molar-refractivity contribution >= 4 is 34.6 Å². The summed E-state index contributed by atoms with van der Waals surface area (Å²) in [5.74, 6) is -1.11. The van der Waals surface area contributed by atoms with Gasteiger partial charge in [-0.1, -0.05) is 22.9 Å². The standard InChI is InChI=1S/C11H6ClNO5S/c12-6-1-2-7(13(16)17)8(5-6)18-10-4-3-9(19-10)11(14)15/h1-5H,(H,14,15). The van der Waals surface area contributed by atoms with Crippen molar-refractivity contribution in [1.29, 1.82) is 0 Å². The van der Waals surface area contributed by atoms with Gasteiger partial charge in [0.05, 0.1) is 4.92 Å². The van der Waals surface area contributed by atoms with Crippen LogP contribution >= 0.6 is 22.9 Å². The second-order valence-corrected chi connectivity index (χ2v) is 4.88. The second-order valence-electron chi connectivity index (χ2n) is 3.40. The monoisotopic (exact) mass is 299 g/mol. The maximum absolute atomic E-state index is 10.8. The molecule has 1 heterocycles. The number of hydrogen-bond acceptors (Lipinski definition) is 5. The first-order valence-corrected chi connectivity index (χ1v) is 6.12. The van der Waals surface area contributed by atoms with Crippen LogP contribution in [0.4, 0.5) is 5.69 Å². The van der Waals surface area contributed by atoms with Crippen molar-refractivity contribution in [2.75, 3.05) is 0 Å². The lowest BCUT2D eigenvalue weighted by Crippen LogP contribution is -1.92. The largest absolute Gasteiger partial charge is 0.477 e. The van der Waals surface area contributed by atoms with Crippen molar-refractivity contribution in [3.05, 3.63) is 50.3 Å². The Morgan fingerprint density at radius 3 is 2.68 bits per heavy atom. The highest BCUT2D eigenvalue weighted by Gasteiger charge is 2.17. The zero-order valence-corrected chi connectivity index (χ0v) is 10.8. The van der Waals surface area contributed by atoms with Gasteiger partial charge >= 0.3 is 11.7 Å². The van der Waals surface area contributed by atoms with E-state index in [0.717, 1.165) is 11.3 Å². The van der Waals surface area contributed by atoms with Gasteiger partial charge in [-0.05, 0) is 18.2 Å². The first-order chi connectivity index (χ1) is 8.97. The van der Waals surface area contributed by atoms with Crippen LogP contribution in [0.25, 0.3) is 0 Å². The topological polar surface area (TPSA) is 89.7 Å². The number of nitro benzene ring substituents is 1. The summed E-state index contributed by atoms with van der Waals surface area (Å²) >= 11 is 6.62. The van der Waals surface area contributed by atoms with Crippen LogP contribution in [0.5, 0.6) is 10.8 Å². The number of nitrogens with zero attached hydrogens (tertiary/aromatic N) is 1. The first kappa shape index (κ1) is 13.3. The quantitative estimate of drug-likeness (QED) is 0.685. The van der Waals surface area contributed by atoms with E-state index in [4.69, 9.17) is 21.4 Å². The third-order valence-electron chi connectivity index (χ3n) is 2.12. The highest BCUT2D eigenvalue weighted by molar-refractivity contribution is 7.15. The maximum Gasteiger partial charge on any atom is 0.345 e. The Labute approximate surface area is 116 Å². The number of carboxylic acid groups (broad SMARTS) is 1. The van der Waals surface area contributed by atoms with Crippen molar-refractivity contribution in [2.45, 2.75) is 0 Å². The van der Waals surface area contributed by atoms with Gasteiger partial charge in [0.25, 0.3) is 0 Å². The number of rotatable bonds is 4.